The Morgan fingerprint density at radius 1 is 0.793 bits per heavy atom. The van der Waals surface area contributed by atoms with Crippen LogP contribution in [0.15, 0.2) is 106 Å². The van der Waals surface area contributed by atoms with Gasteiger partial charge in [-0.15, -0.1) is 12.1 Å². The molecule has 152 valence electrons. The molecule has 4 aromatic rings. The maximum Gasteiger partial charge on any atom is 0.117 e. The average Bonchev–Trinajstić information content (AvgIpc) is 3.54. The van der Waals surface area contributed by atoms with Crippen LogP contribution in [0.1, 0.15) is 32.2 Å². The normalized spacial score (nSPS) is 10.5. The summed E-state index contributed by atoms with van der Waals surface area (Å²) in [5, 5.41) is 0. The van der Waals surface area contributed by atoms with Crippen LogP contribution in [0.4, 0.5) is 0 Å². The van der Waals surface area contributed by atoms with E-state index in [1.807, 2.05) is 24.3 Å². The summed E-state index contributed by atoms with van der Waals surface area (Å²) in [6.45, 7) is 0. The number of carbonyl (C=O) groups excluding carboxylic acids is 2. The van der Waals surface area contributed by atoms with Crippen molar-refractivity contribution in [1.82, 2.24) is 0 Å². The van der Waals surface area contributed by atoms with Crippen LogP contribution < -0.4 is 0 Å². The summed E-state index contributed by atoms with van der Waals surface area (Å²) < 4.78 is 10.1. The van der Waals surface area contributed by atoms with Gasteiger partial charge in [-0.3, -0.25) is 0 Å². The van der Waals surface area contributed by atoms with E-state index in [1.165, 1.54) is 12.2 Å². The van der Waals surface area contributed by atoms with Crippen molar-refractivity contribution in [3.05, 3.63) is 120 Å². The number of rotatable bonds is 6. The molecule has 0 N–H and O–H groups in total. The standard InChI is InChI=1S/2C12H9O2.Fe/c2*13-12(10-4-1-2-5-10)8-7-11-6-3-9-14-11;/h2*1-9H;/q-5;-1;. The minimum Gasteiger partial charge on any atom is -0.645 e. The number of hydrogen-bond donors (Lipinski definition) is 0. The Kier molecular flexibility index (Phi) is 8.64. The van der Waals surface area contributed by atoms with Gasteiger partial charge in [0.05, 0.1) is 18.3 Å². The first-order valence-electron chi connectivity index (χ1n) is 8.67. The maximum atomic E-state index is 11.5. The van der Waals surface area contributed by atoms with E-state index in [1.54, 1.807) is 73.2 Å². The third-order valence-corrected chi connectivity index (χ3v) is 3.78. The summed E-state index contributed by atoms with van der Waals surface area (Å²) in [4.78, 5) is 22.9. The fourth-order valence-corrected chi connectivity index (χ4v) is 2.36. The molecule has 0 bridgehead atoms. The molecule has 2 heterocycles. The summed E-state index contributed by atoms with van der Waals surface area (Å²) in [6, 6.07) is 21.7. The molecular formula is C24H18FeO4-6. The summed E-state index contributed by atoms with van der Waals surface area (Å²) >= 11 is 0. The second kappa shape index (κ2) is 11.4. The first kappa shape index (κ1) is 21.9. The molecule has 4 rings (SSSR count). The fraction of sp³-hybridized carbons (Fsp3) is 0. The van der Waals surface area contributed by atoms with Crippen LogP contribution in [0.2, 0.25) is 0 Å². The molecule has 0 aliphatic carbocycles. The molecule has 4 nitrogen and oxygen atoms in total. The van der Waals surface area contributed by atoms with Gasteiger partial charge in [0.1, 0.15) is 11.5 Å². The second-order valence-electron chi connectivity index (χ2n) is 5.77. The fourth-order valence-electron chi connectivity index (χ4n) is 2.36. The van der Waals surface area contributed by atoms with E-state index in [-0.39, 0.29) is 28.6 Å². The van der Waals surface area contributed by atoms with Crippen LogP contribution in [0.3, 0.4) is 0 Å². The van der Waals surface area contributed by atoms with Gasteiger partial charge in [-0.1, -0.05) is 17.7 Å². The van der Waals surface area contributed by atoms with Gasteiger partial charge in [-0.2, -0.15) is 18.2 Å². The number of ketones is 2. The third kappa shape index (κ3) is 6.92. The summed E-state index contributed by atoms with van der Waals surface area (Å²) in [5.41, 5.74) is 1.40. The summed E-state index contributed by atoms with van der Waals surface area (Å²) in [6.07, 6.45) is 9.49. The molecule has 0 saturated carbocycles. The topological polar surface area (TPSA) is 60.4 Å². The first-order chi connectivity index (χ1) is 13.7. The van der Waals surface area contributed by atoms with E-state index >= 15 is 0 Å². The second-order valence-corrected chi connectivity index (χ2v) is 5.77. The Morgan fingerprint density at radius 3 is 1.79 bits per heavy atom. The zero-order valence-electron chi connectivity index (χ0n) is 15.4. The Hall–Kier alpha value is -3.40. The van der Waals surface area contributed by atoms with Crippen molar-refractivity contribution in [2.45, 2.75) is 0 Å². The Morgan fingerprint density at radius 2 is 1.31 bits per heavy atom. The smallest absolute Gasteiger partial charge is 0.117 e. The third-order valence-electron chi connectivity index (χ3n) is 3.78. The summed E-state index contributed by atoms with van der Waals surface area (Å²) in [5.74, 6) is 1.35. The van der Waals surface area contributed by atoms with Crippen LogP contribution in [0, 0.1) is 0 Å². The molecule has 2 aromatic heterocycles. The zero-order chi connectivity index (χ0) is 19.6. The monoisotopic (exact) mass is 426 g/mol. The molecule has 0 saturated heterocycles. The predicted octanol–water partition coefficient (Wildman–Crippen LogP) is 5.79. The van der Waals surface area contributed by atoms with Crippen molar-refractivity contribution in [3.8, 4) is 0 Å². The molecule has 0 radical (unpaired) electrons. The molecule has 0 fully saturated rings. The molecule has 0 amide bonds. The maximum absolute atomic E-state index is 11.5. The van der Waals surface area contributed by atoms with Crippen molar-refractivity contribution in [1.29, 1.82) is 0 Å². The van der Waals surface area contributed by atoms with Gasteiger partial charge >= 0.3 is 0 Å². The van der Waals surface area contributed by atoms with Gasteiger partial charge in [0, 0.05) is 17.1 Å². The van der Waals surface area contributed by atoms with E-state index in [4.69, 9.17) is 8.83 Å². The van der Waals surface area contributed by atoms with Gasteiger partial charge in [-0.05, 0) is 24.3 Å². The minimum absolute atomic E-state index is 0. The largest absolute Gasteiger partial charge is 0.645 e. The van der Waals surface area contributed by atoms with Crippen LogP contribution in [0.5, 0.6) is 0 Å². The molecular weight excluding hydrogens is 408 g/mol. The van der Waals surface area contributed by atoms with Gasteiger partial charge in [0.2, 0.25) is 0 Å². The van der Waals surface area contributed by atoms with E-state index < -0.39 is 0 Å². The quantitative estimate of drug-likeness (QED) is 0.170. The van der Waals surface area contributed by atoms with E-state index in [9.17, 15) is 9.59 Å². The average molecular weight is 426 g/mol. The van der Waals surface area contributed by atoms with Gasteiger partial charge in [0.25, 0.3) is 0 Å². The van der Waals surface area contributed by atoms with E-state index in [0.29, 0.717) is 22.6 Å². The number of hydrogen-bond acceptors (Lipinski definition) is 4. The van der Waals surface area contributed by atoms with Crippen LogP contribution in [-0.4, -0.2) is 11.6 Å². The van der Waals surface area contributed by atoms with Crippen molar-refractivity contribution in [2.75, 3.05) is 0 Å². The molecule has 0 atom stereocenters. The molecule has 0 spiro atoms. The van der Waals surface area contributed by atoms with Gasteiger partial charge in [0.15, 0.2) is 0 Å². The van der Waals surface area contributed by atoms with Crippen LogP contribution >= 0.6 is 0 Å². The van der Waals surface area contributed by atoms with E-state index in [0.717, 1.165) is 0 Å². The van der Waals surface area contributed by atoms with Crippen molar-refractivity contribution < 1.29 is 35.5 Å². The molecule has 0 aliphatic heterocycles. The Labute approximate surface area is 179 Å². The summed E-state index contributed by atoms with van der Waals surface area (Å²) in [7, 11) is 0. The predicted molar refractivity (Wildman–Crippen MR) is 108 cm³/mol. The first-order valence-corrected chi connectivity index (χ1v) is 8.67. The van der Waals surface area contributed by atoms with Crippen molar-refractivity contribution >= 4 is 23.7 Å². The van der Waals surface area contributed by atoms with Crippen LogP contribution in [0.25, 0.3) is 12.2 Å². The molecule has 5 heteroatoms. The molecule has 0 aliphatic rings. The zero-order valence-corrected chi connectivity index (χ0v) is 16.5. The van der Waals surface area contributed by atoms with Gasteiger partial charge in [-0.25, -0.2) is 0 Å². The van der Waals surface area contributed by atoms with Gasteiger partial charge < -0.3 is 60.1 Å². The van der Waals surface area contributed by atoms with Crippen molar-refractivity contribution in [2.24, 2.45) is 0 Å². The molecule has 29 heavy (non-hydrogen) atoms. The Bertz CT molecular complexity index is 930. The molecule has 0 unspecified atom stereocenters. The van der Waals surface area contributed by atoms with Crippen molar-refractivity contribution in [3.63, 3.8) is 0 Å². The van der Waals surface area contributed by atoms with Crippen LogP contribution in [-0.2, 0) is 17.1 Å². The van der Waals surface area contributed by atoms with E-state index in [2.05, 4.69) is 0 Å². The SMILES string of the molecule is O=C(C=Cc1ccco1)[c-]1[cH-][cH-][cH-][cH-]1.O=C(C=Cc1ccco1)[c-]1cccc1.[Fe]. The Balaban J connectivity index is 0.000000200. The number of carbonyl (C=O) groups is 2. The number of allylic oxidation sites excluding steroid dienone is 2. The minimum atomic E-state index is -0.00796. The molecule has 2 aromatic carbocycles. The number of furan rings is 2.